The molecule has 0 saturated carbocycles. The molecule has 0 aliphatic carbocycles. The summed E-state index contributed by atoms with van der Waals surface area (Å²) < 4.78 is 0. The van der Waals surface area contributed by atoms with E-state index >= 15 is 0 Å². The SMILES string of the molecule is Cc1ccccc1[C@H]1N[C@H](c2ccccc2C)[C@H](C)C(=O)[C@H]1C. The van der Waals surface area contributed by atoms with Crippen LogP contribution in [0, 0.1) is 25.7 Å². The molecule has 0 unspecified atom stereocenters. The average Bonchev–Trinajstić information content (AvgIpc) is 2.55. The first-order valence-electron chi connectivity index (χ1n) is 8.41. The van der Waals surface area contributed by atoms with Crippen LogP contribution in [0.4, 0.5) is 0 Å². The molecule has 0 amide bonds. The van der Waals surface area contributed by atoms with E-state index in [4.69, 9.17) is 0 Å². The molecule has 1 aliphatic heterocycles. The van der Waals surface area contributed by atoms with Crippen LogP contribution in [0.2, 0.25) is 0 Å². The number of hydrogen-bond acceptors (Lipinski definition) is 2. The summed E-state index contributed by atoms with van der Waals surface area (Å²) in [6.07, 6.45) is 0. The molecule has 0 bridgehead atoms. The van der Waals surface area contributed by atoms with Crippen molar-refractivity contribution in [3.63, 3.8) is 0 Å². The molecule has 1 saturated heterocycles. The van der Waals surface area contributed by atoms with Gasteiger partial charge in [-0.05, 0) is 36.1 Å². The Labute approximate surface area is 138 Å². The Morgan fingerprint density at radius 3 is 1.52 bits per heavy atom. The fourth-order valence-corrected chi connectivity index (χ4v) is 3.82. The van der Waals surface area contributed by atoms with E-state index in [0.717, 1.165) is 0 Å². The van der Waals surface area contributed by atoms with Gasteiger partial charge in [0.25, 0.3) is 0 Å². The average molecular weight is 307 g/mol. The summed E-state index contributed by atoms with van der Waals surface area (Å²) in [6, 6.07) is 16.9. The number of benzene rings is 2. The van der Waals surface area contributed by atoms with E-state index in [2.05, 4.69) is 81.5 Å². The van der Waals surface area contributed by atoms with Gasteiger partial charge < -0.3 is 5.32 Å². The van der Waals surface area contributed by atoms with Gasteiger partial charge in [0.05, 0.1) is 0 Å². The molecule has 2 nitrogen and oxygen atoms in total. The smallest absolute Gasteiger partial charge is 0.142 e. The van der Waals surface area contributed by atoms with E-state index in [1.165, 1.54) is 22.3 Å². The number of nitrogens with one attached hydrogen (secondary N) is 1. The number of carbonyl (C=O) groups is 1. The number of aryl methyl sites for hydroxylation is 2. The second kappa shape index (κ2) is 6.29. The number of rotatable bonds is 2. The lowest BCUT2D eigenvalue weighted by molar-refractivity contribution is -0.130. The minimum atomic E-state index is -0.00799. The van der Waals surface area contributed by atoms with E-state index in [-0.39, 0.29) is 23.9 Å². The van der Waals surface area contributed by atoms with Crippen LogP contribution >= 0.6 is 0 Å². The Kier molecular flexibility index (Phi) is 4.36. The highest BCUT2D eigenvalue weighted by Gasteiger charge is 2.40. The number of piperidine rings is 1. The van der Waals surface area contributed by atoms with Crippen molar-refractivity contribution in [2.24, 2.45) is 11.8 Å². The summed E-state index contributed by atoms with van der Waals surface area (Å²) >= 11 is 0. The summed E-state index contributed by atoms with van der Waals surface area (Å²) in [5, 5.41) is 3.78. The molecule has 23 heavy (non-hydrogen) atoms. The van der Waals surface area contributed by atoms with E-state index in [9.17, 15) is 4.79 Å². The summed E-state index contributed by atoms with van der Waals surface area (Å²) in [5.41, 5.74) is 4.95. The Bertz CT molecular complexity index is 662. The lowest BCUT2D eigenvalue weighted by Gasteiger charge is -2.40. The van der Waals surface area contributed by atoms with Gasteiger partial charge in [-0.25, -0.2) is 0 Å². The zero-order valence-electron chi connectivity index (χ0n) is 14.3. The summed E-state index contributed by atoms with van der Waals surface area (Å²) in [4.78, 5) is 12.9. The van der Waals surface area contributed by atoms with Crippen LogP contribution in [0.25, 0.3) is 0 Å². The van der Waals surface area contributed by atoms with Gasteiger partial charge in [0.2, 0.25) is 0 Å². The first-order chi connectivity index (χ1) is 11.0. The third kappa shape index (κ3) is 2.84. The maximum Gasteiger partial charge on any atom is 0.142 e. The van der Waals surface area contributed by atoms with Crippen LogP contribution in [0.1, 0.15) is 48.2 Å². The normalized spacial score (nSPS) is 27.9. The van der Waals surface area contributed by atoms with Gasteiger partial charge in [-0.1, -0.05) is 62.4 Å². The van der Waals surface area contributed by atoms with E-state index < -0.39 is 0 Å². The van der Waals surface area contributed by atoms with Crippen LogP contribution in [0.15, 0.2) is 48.5 Å². The van der Waals surface area contributed by atoms with Crippen LogP contribution in [0.3, 0.4) is 0 Å². The Balaban J connectivity index is 2.02. The van der Waals surface area contributed by atoms with Crippen molar-refractivity contribution in [2.45, 2.75) is 39.8 Å². The zero-order valence-corrected chi connectivity index (χ0v) is 14.3. The van der Waals surface area contributed by atoms with Gasteiger partial charge in [-0.3, -0.25) is 4.79 Å². The van der Waals surface area contributed by atoms with Crippen LogP contribution in [-0.4, -0.2) is 5.78 Å². The molecule has 1 N–H and O–H groups in total. The quantitative estimate of drug-likeness (QED) is 0.883. The standard InChI is InChI=1S/C21H25NO/c1-13-9-5-7-11-17(13)19-15(3)21(23)16(4)20(22-19)18-12-8-6-10-14(18)2/h5-12,15-16,19-20,22H,1-4H3/t15-,16-,19-,20-/m0/s1. The maximum atomic E-state index is 12.9. The molecule has 4 atom stereocenters. The van der Waals surface area contributed by atoms with Crippen LogP contribution in [0.5, 0.6) is 0 Å². The molecule has 2 heteroatoms. The predicted octanol–water partition coefficient (Wildman–Crippen LogP) is 4.53. The minimum Gasteiger partial charge on any atom is -0.302 e. The second-order valence-corrected chi connectivity index (χ2v) is 6.81. The van der Waals surface area contributed by atoms with Crippen LogP contribution < -0.4 is 5.32 Å². The number of Topliss-reactive ketones (excluding diaryl/α,β-unsaturated/α-hetero) is 1. The predicted molar refractivity (Wildman–Crippen MR) is 94.3 cm³/mol. The monoisotopic (exact) mass is 307 g/mol. The van der Waals surface area contributed by atoms with Gasteiger partial charge >= 0.3 is 0 Å². The van der Waals surface area contributed by atoms with Gasteiger partial charge in [-0.2, -0.15) is 0 Å². The summed E-state index contributed by atoms with van der Waals surface area (Å²) in [5.74, 6) is 0.336. The number of hydrogen-bond donors (Lipinski definition) is 1. The minimum absolute atomic E-state index is 0.00799. The van der Waals surface area contributed by atoms with Crippen molar-refractivity contribution in [3.05, 3.63) is 70.8 Å². The highest BCUT2D eigenvalue weighted by atomic mass is 16.1. The third-order valence-electron chi connectivity index (χ3n) is 5.30. The molecular formula is C21H25NO. The van der Waals surface area contributed by atoms with Crippen molar-refractivity contribution in [1.29, 1.82) is 0 Å². The largest absolute Gasteiger partial charge is 0.302 e. The zero-order chi connectivity index (χ0) is 16.6. The Morgan fingerprint density at radius 1 is 0.739 bits per heavy atom. The molecule has 1 aliphatic rings. The molecule has 0 aromatic heterocycles. The summed E-state index contributed by atoms with van der Waals surface area (Å²) in [7, 11) is 0. The van der Waals surface area contributed by atoms with Crippen molar-refractivity contribution < 1.29 is 4.79 Å². The van der Waals surface area contributed by atoms with Crippen molar-refractivity contribution in [3.8, 4) is 0 Å². The maximum absolute atomic E-state index is 12.9. The van der Waals surface area contributed by atoms with Crippen LogP contribution in [-0.2, 0) is 4.79 Å². The second-order valence-electron chi connectivity index (χ2n) is 6.81. The van der Waals surface area contributed by atoms with Gasteiger partial charge in [-0.15, -0.1) is 0 Å². The molecule has 120 valence electrons. The molecule has 0 radical (unpaired) electrons. The van der Waals surface area contributed by atoms with Crippen molar-refractivity contribution in [2.75, 3.05) is 0 Å². The van der Waals surface area contributed by atoms with Crippen molar-refractivity contribution in [1.82, 2.24) is 5.32 Å². The lowest BCUT2D eigenvalue weighted by Crippen LogP contribution is -2.46. The molecule has 2 aromatic carbocycles. The number of ketones is 1. The fourth-order valence-electron chi connectivity index (χ4n) is 3.82. The third-order valence-corrected chi connectivity index (χ3v) is 5.30. The van der Waals surface area contributed by atoms with Gasteiger partial charge in [0.15, 0.2) is 0 Å². The molecule has 1 heterocycles. The van der Waals surface area contributed by atoms with Crippen molar-refractivity contribution >= 4 is 5.78 Å². The van der Waals surface area contributed by atoms with E-state index in [1.54, 1.807) is 0 Å². The number of carbonyl (C=O) groups excluding carboxylic acids is 1. The first-order valence-corrected chi connectivity index (χ1v) is 8.41. The first kappa shape index (κ1) is 15.9. The molecule has 3 rings (SSSR count). The van der Waals surface area contributed by atoms with Gasteiger partial charge in [0.1, 0.15) is 5.78 Å². The highest BCUT2D eigenvalue weighted by molar-refractivity contribution is 5.85. The Hall–Kier alpha value is -1.93. The Morgan fingerprint density at radius 2 is 1.13 bits per heavy atom. The highest BCUT2D eigenvalue weighted by Crippen LogP contribution is 2.39. The van der Waals surface area contributed by atoms with Gasteiger partial charge in [0, 0.05) is 23.9 Å². The van der Waals surface area contributed by atoms with E-state index in [0.29, 0.717) is 5.78 Å². The fraction of sp³-hybridized carbons (Fsp3) is 0.381. The topological polar surface area (TPSA) is 29.1 Å². The molecular weight excluding hydrogens is 282 g/mol. The summed E-state index contributed by atoms with van der Waals surface area (Å²) in [6.45, 7) is 8.35. The molecule has 0 spiro atoms. The van der Waals surface area contributed by atoms with E-state index in [1.807, 2.05) is 0 Å². The lowest BCUT2D eigenvalue weighted by atomic mass is 9.75. The molecule has 2 aromatic rings. The molecule has 1 fully saturated rings.